The molecule has 1 amide bonds. The topological polar surface area (TPSA) is 117 Å². The number of hydrogen-bond acceptors (Lipinski definition) is 4. The monoisotopic (exact) mass is 401 g/mol. The minimum Gasteiger partial charge on any atom is -0.494 e. The van der Waals surface area contributed by atoms with E-state index in [-0.39, 0.29) is 18.4 Å². The summed E-state index contributed by atoms with van der Waals surface area (Å²) in [5, 5.41) is 18.2. The van der Waals surface area contributed by atoms with Crippen molar-refractivity contribution in [3.63, 3.8) is 0 Å². The lowest BCUT2D eigenvalue weighted by Gasteiger charge is -2.14. The average Bonchev–Trinajstić information content (AvgIpc) is 3.15. The number of nitrogens with zero attached hydrogens (tertiary/aromatic N) is 2. The smallest absolute Gasteiger partial charge is 0.246 e. The van der Waals surface area contributed by atoms with E-state index in [1.54, 1.807) is 0 Å². The number of nitrogens with two attached hydrogens (primary N) is 1. The van der Waals surface area contributed by atoms with Crippen LogP contribution in [0, 0.1) is 16.7 Å². The van der Waals surface area contributed by atoms with Crippen LogP contribution in [0.1, 0.15) is 12.8 Å². The zero-order valence-electron chi connectivity index (χ0n) is 16.5. The van der Waals surface area contributed by atoms with Crippen LogP contribution >= 0.6 is 0 Å². The number of benzene rings is 2. The molecule has 3 aromatic rings. The van der Waals surface area contributed by atoms with Gasteiger partial charge in [-0.15, -0.1) is 0 Å². The molecule has 2 aromatic carbocycles. The van der Waals surface area contributed by atoms with Crippen LogP contribution in [0.4, 0.5) is 0 Å². The van der Waals surface area contributed by atoms with Crippen LogP contribution in [-0.4, -0.2) is 23.0 Å². The molecule has 7 nitrogen and oxygen atoms in total. The number of hydrogen-bond donors (Lipinski definition) is 3. The molecule has 0 spiro atoms. The number of nitriles is 1. The van der Waals surface area contributed by atoms with Crippen molar-refractivity contribution >= 4 is 11.9 Å². The van der Waals surface area contributed by atoms with Gasteiger partial charge in [-0.1, -0.05) is 30.3 Å². The van der Waals surface area contributed by atoms with Crippen LogP contribution in [0.5, 0.6) is 5.75 Å². The standard InChI is InChI=1S/C23H23N5O2/c24-14-4-5-15-30-19-10-8-18(9-11-19)21-13-12-20(17-6-2-1-3-7-17)28(21)16-22(29)27-23(25)26/h1-3,6-13H,4-5,15-16H2,(H4,25,26,27,29). The van der Waals surface area contributed by atoms with Gasteiger partial charge in [0.25, 0.3) is 0 Å². The molecule has 0 aliphatic carbocycles. The minimum absolute atomic E-state index is 0.0263. The van der Waals surface area contributed by atoms with Crippen molar-refractivity contribution in [1.29, 1.82) is 10.7 Å². The highest BCUT2D eigenvalue weighted by Crippen LogP contribution is 2.30. The van der Waals surface area contributed by atoms with Gasteiger partial charge < -0.3 is 15.0 Å². The third-order valence-electron chi connectivity index (χ3n) is 4.48. The van der Waals surface area contributed by atoms with Gasteiger partial charge in [0, 0.05) is 17.8 Å². The van der Waals surface area contributed by atoms with Crippen molar-refractivity contribution in [3.8, 4) is 34.3 Å². The molecule has 3 rings (SSSR count). The summed E-state index contributed by atoms with van der Waals surface area (Å²) in [5.74, 6) is -0.0187. The Morgan fingerprint density at radius 1 is 1.03 bits per heavy atom. The minimum atomic E-state index is -0.382. The summed E-state index contributed by atoms with van der Waals surface area (Å²) in [7, 11) is 0. The molecule has 0 atom stereocenters. The van der Waals surface area contributed by atoms with Crippen molar-refractivity contribution < 1.29 is 9.53 Å². The van der Waals surface area contributed by atoms with Gasteiger partial charge in [-0.2, -0.15) is 5.26 Å². The Balaban J connectivity index is 1.88. The summed E-state index contributed by atoms with van der Waals surface area (Å²) in [5.41, 5.74) is 8.97. The fraction of sp³-hybridized carbons (Fsp3) is 0.174. The Bertz CT molecular complexity index is 1050. The summed E-state index contributed by atoms with van der Waals surface area (Å²) >= 11 is 0. The Morgan fingerprint density at radius 2 is 1.67 bits per heavy atom. The van der Waals surface area contributed by atoms with E-state index in [4.69, 9.17) is 21.1 Å². The number of amides is 1. The summed E-state index contributed by atoms with van der Waals surface area (Å²) in [6, 6.07) is 23.4. The average molecular weight is 401 g/mol. The van der Waals surface area contributed by atoms with Gasteiger partial charge in [-0.05, 0) is 53.9 Å². The summed E-state index contributed by atoms with van der Waals surface area (Å²) in [4.78, 5) is 12.3. The van der Waals surface area contributed by atoms with Crippen molar-refractivity contribution in [2.75, 3.05) is 6.61 Å². The predicted octanol–water partition coefficient (Wildman–Crippen LogP) is 3.51. The highest BCUT2D eigenvalue weighted by atomic mass is 16.5. The van der Waals surface area contributed by atoms with Gasteiger partial charge in [0.1, 0.15) is 12.3 Å². The van der Waals surface area contributed by atoms with E-state index in [1.807, 2.05) is 71.3 Å². The van der Waals surface area contributed by atoms with Crippen molar-refractivity contribution in [3.05, 3.63) is 66.7 Å². The maximum absolute atomic E-state index is 12.3. The molecule has 7 heteroatoms. The second kappa shape index (κ2) is 9.94. The molecule has 0 fully saturated rings. The largest absolute Gasteiger partial charge is 0.494 e. The number of nitrogens with one attached hydrogen (secondary N) is 2. The number of ether oxygens (including phenoxy) is 1. The fourth-order valence-electron chi connectivity index (χ4n) is 3.15. The summed E-state index contributed by atoms with van der Waals surface area (Å²) in [6.07, 6.45) is 1.16. The van der Waals surface area contributed by atoms with E-state index in [9.17, 15) is 4.79 Å². The third kappa shape index (κ3) is 5.26. The van der Waals surface area contributed by atoms with E-state index < -0.39 is 0 Å². The van der Waals surface area contributed by atoms with Gasteiger partial charge in [0.15, 0.2) is 5.96 Å². The molecule has 0 saturated carbocycles. The Labute approximate surface area is 175 Å². The van der Waals surface area contributed by atoms with Crippen LogP contribution in [0.2, 0.25) is 0 Å². The molecule has 30 heavy (non-hydrogen) atoms. The second-order valence-corrected chi connectivity index (χ2v) is 6.65. The molecule has 0 saturated heterocycles. The van der Waals surface area contributed by atoms with Gasteiger partial charge in [0.05, 0.1) is 12.7 Å². The predicted molar refractivity (Wildman–Crippen MR) is 116 cm³/mol. The van der Waals surface area contributed by atoms with Gasteiger partial charge in [-0.3, -0.25) is 15.5 Å². The number of rotatable bonds is 8. The molecule has 0 radical (unpaired) electrons. The lowest BCUT2D eigenvalue weighted by Crippen LogP contribution is -2.37. The summed E-state index contributed by atoms with van der Waals surface area (Å²) in [6.45, 7) is 0.519. The van der Waals surface area contributed by atoms with E-state index >= 15 is 0 Å². The molecule has 0 aliphatic rings. The summed E-state index contributed by atoms with van der Waals surface area (Å²) < 4.78 is 7.55. The van der Waals surface area contributed by atoms with Crippen LogP contribution < -0.4 is 15.8 Å². The lowest BCUT2D eigenvalue weighted by atomic mass is 10.1. The molecule has 0 unspecified atom stereocenters. The SMILES string of the molecule is N#CCCCOc1ccc(-c2ccc(-c3ccccc3)n2CC(=O)NC(=N)N)cc1. The first-order chi connectivity index (χ1) is 14.6. The van der Waals surface area contributed by atoms with Crippen LogP contribution in [-0.2, 0) is 11.3 Å². The van der Waals surface area contributed by atoms with Crippen LogP contribution in [0.25, 0.3) is 22.5 Å². The number of carbonyl (C=O) groups excluding carboxylic acids is 1. The zero-order valence-corrected chi connectivity index (χ0v) is 16.5. The molecule has 1 aromatic heterocycles. The molecular weight excluding hydrogens is 378 g/mol. The van der Waals surface area contributed by atoms with E-state index in [1.165, 1.54) is 0 Å². The lowest BCUT2D eigenvalue weighted by molar-refractivity contribution is -0.120. The zero-order chi connectivity index (χ0) is 21.3. The first-order valence-corrected chi connectivity index (χ1v) is 9.57. The highest BCUT2D eigenvalue weighted by molar-refractivity contribution is 5.95. The van der Waals surface area contributed by atoms with Gasteiger partial charge in [0.2, 0.25) is 5.91 Å². The molecule has 4 N–H and O–H groups in total. The maximum atomic E-state index is 12.3. The Hall–Kier alpha value is -4.05. The molecule has 152 valence electrons. The Morgan fingerprint density at radius 3 is 2.27 bits per heavy atom. The first kappa shape index (κ1) is 20.7. The van der Waals surface area contributed by atoms with Crippen LogP contribution in [0.15, 0.2) is 66.7 Å². The fourth-order valence-corrected chi connectivity index (χ4v) is 3.15. The van der Waals surface area contributed by atoms with Crippen molar-refractivity contribution in [2.24, 2.45) is 5.73 Å². The highest BCUT2D eigenvalue weighted by Gasteiger charge is 2.15. The van der Waals surface area contributed by atoms with Crippen molar-refractivity contribution in [1.82, 2.24) is 9.88 Å². The molecular formula is C23H23N5O2. The first-order valence-electron chi connectivity index (χ1n) is 9.57. The third-order valence-corrected chi connectivity index (χ3v) is 4.48. The molecule has 0 aliphatic heterocycles. The van der Waals surface area contributed by atoms with Crippen molar-refractivity contribution in [2.45, 2.75) is 19.4 Å². The quantitative estimate of drug-likeness (QED) is 0.304. The van der Waals surface area contributed by atoms with E-state index in [0.717, 1.165) is 28.3 Å². The van der Waals surface area contributed by atoms with Gasteiger partial charge in [-0.25, -0.2) is 0 Å². The van der Waals surface area contributed by atoms with Crippen LogP contribution in [0.3, 0.4) is 0 Å². The molecule has 1 heterocycles. The van der Waals surface area contributed by atoms with E-state index in [0.29, 0.717) is 19.4 Å². The molecule has 0 bridgehead atoms. The van der Waals surface area contributed by atoms with Gasteiger partial charge >= 0.3 is 0 Å². The Kier molecular flexibility index (Phi) is 6.85. The number of guanidine groups is 1. The number of unbranched alkanes of at least 4 members (excludes halogenated alkanes) is 1. The number of carbonyl (C=O) groups is 1. The van der Waals surface area contributed by atoms with E-state index in [2.05, 4.69) is 11.4 Å². The second-order valence-electron chi connectivity index (χ2n) is 6.65. The number of aromatic nitrogens is 1. The normalized spacial score (nSPS) is 10.2. The maximum Gasteiger partial charge on any atom is 0.246 e.